The minimum atomic E-state index is -1.13. The number of rotatable bonds is 19. The van der Waals surface area contributed by atoms with E-state index in [0.29, 0.717) is 13.5 Å². The first-order valence-electron chi connectivity index (χ1n) is 33.9. The van der Waals surface area contributed by atoms with Gasteiger partial charge in [-0.05, 0) is 175 Å². The topological polar surface area (TPSA) is 192 Å². The zero-order valence-corrected chi connectivity index (χ0v) is 65.5. The first-order chi connectivity index (χ1) is 47.0. The lowest BCUT2D eigenvalue weighted by molar-refractivity contribution is 0.00578. The van der Waals surface area contributed by atoms with Crippen LogP contribution in [0.25, 0.3) is 73.4 Å². The molecule has 0 unspecified atom stereocenters. The van der Waals surface area contributed by atoms with Crippen LogP contribution in [0.4, 0.5) is 0 Å². The molecule has 13 rings (SSSR count). The number of hydrogen-bond acceptors (Lipinski definition) is 13. The van der Waals surface area contributed by atoms with E-state index in [4.69, 9.17) is 57.2 Å². The minimum absolute atomic E-state index is 0.222. The Morgan fingerprint density at radius 2 is 0.960 bits per heavy atom. The fraction of sp³-hybridized carbons (Fsp3) is 0.392. The molecule has 0 bridgehead atoms. The molecule has 99 heavy (non-hydrogen) atoms. The molecule has 1 N–H and O–H groups in total. The zero-order chi connectivity index (χ0) is 71.4. The summed E-state index contributed by atoms with van der Waals surface area (Å²) in [6.07, 6.45) is 20.1. The van der Waals surface area contributed by atoms with Crippen LogP contribution >= 0.6 is 39.1 Å². The number of ether oxygens (including phenoxy) is 2. The maximum Gasteiger partial charge on any atom is 0.496 e. The number of aryl methyl sites for hydroxylation is 4. The Labute approximate surface area is 603 Å². The van der Waals surface area contributed by atoms with Gasteiger partial charge in [0.05, 0.1) is 38.5 Å². The number of aromatic nitrogens is 15. The van der Waals surface area contributed by atoms with Gasteiger partial charge in [0.15, 0.2) is 0 Å². The molecule has 0 spiro atoms. The summed E-state index contributed by atoms with van der Waals surface area (Å²) in [6, 6.07) is 32.7. The molecule has 0 atom stereocenters. The molecule has 19 nitrogen and oxygen atoms in total. The zero-order valence-electron chi connectivity index (χ0n) is 60.4. The lowest BCUT2D eigenvalue weighted by atomic mass is 9.80. The SMILES string of the molecule is CC(Cl)Cl.CC1(C)OB(c2ccc3nccn3c2)OC1(C)C.CCc1[nH]nc(-c2cccc(C)n2)c1-c1ccc2nccn2c1.CCc1c(-c2ccc3nccn3c2)c(-c2cccc(C)n2)nn1COCC[Si](C)(C)C.CCc1c(Br)c(-c2cccc(C)n2)nn1COCC[Si](C)(C)C. The molecular formula is C74H95BBrCl2N15O4Si2. The van der Waals surface area contributed by atoms with E-state index in [0.717, 1.165) is 156 Å². The lowest BCUT2D eigenvalue weighted by Crippen LogP contribution is -2.41. The van der Waals surface area contributed by atoms with Crippen LogP contribution in [-0.4, -0.2) is 125 Å². The van der Waals surface area contributed by atoms with Gasteiger partial charge in [0.2, 0.25) is 0 Å². The third-order valence-electron chi connectivity index (χ3n) is 17.0. The Balaban J connectivity index is 0.000000154. The van der Waals surface area contributed by atoms with Gasteiger partial charge >= 0.3 is 7.12 Å². The molecule has 1 saturated heterocycles. The predicted octanol–water partition coefficient (Wildman–Crippen LogP) is 17.4. The largest absolute Gasteiger partial charge is 0.496 e. The molecule has 0 saturated carbocycles. The monoisotopic (exact) mass is 1470 g/mol. The van der Waals surface area contributed by atoms with Crippen molar-refractivity contribution in [3.05, 3.63) is 185 Å². The van der Waals surface area contributed by atoms with Gasteiger partial charge in [-0.3, -0.25) is 20.1 Å². The van der Waals surface area contributed by atoms with Crippen LogP contribution in [0.15, 0.2) is 151 Å². The van der Waals surface area contributed by atoms with Crippen LogP contribution in [0.2, 0.25) is 51.4 Å². The normalized spacial score (nSPS) is 13.4. The summed E-state index contributed by atoms with van der Waals surface area (Å²) in [5, 5.41) is 17.4. The molecule has 12 aromatic heterocycles. The van der Waals surface area contributed by atoms with Crippen LogP contribution < -0.4 is 5.46 Å². The summed E-state index contributed by atoms with van der Waals surface area (Å²) in [5.74, 6) is 0. The molecule has 0 aliphatic carbocycles. The molecule has 0 radical (unpaired) electrons. The van der Waals surface area contributed by atoms with E-state index >= 15 is 0 Å². The number of H-pyrrole nitrogens is 1. The van der Waals surface area contributed by atoms with Crippen LogP contribution in [0.5, 0.6) is 0 Å². The molecule has 1 aliphatic rings. The summed E-state index contributed by atoms with van der Waals surface area (Å²) in [6.45, 7) is 39.1. The van der Waals surface area contributed by atoms with Crippen molar-refractivity contribution >= 4 is 84.8 Å². The second-order valence-electron chi connectivity index (χ2n) is 27.9. The number of imidazole rings is 3. The van der Waals surface area contributed by atoms with E-state index in [2.05, 4.69) is 163 Å². The second-order valence-corrected chi connectivity index (χ2v) is 41.5. The quantitative estimate of drug-likeness (QED) is 0.0457. The Morgan fingerprint density at radius 3 is 1.40 bits per heavy atom. The molecule has 13 heterocycles. The van der Waals surface area contributed by atoms with Gasteiger partial charge in [-0.2, -0.15) is 15.3 Å². The lowest BCUT2D eigenvalue weighted by Gasteiger charge is -2.32. The fourth-order valence-electron chi connectivity index (χ4n) is 10.9. The molecule has 12 aromatic rings. The van der Waals surface area contributed by atoms with E-state index in [9.17, 15) is 0 Å². The van der Waals surface area contributed by atoms with Crippen molar-refractivity contribution in [3.8, 4) is 56.4 Å². The number of pyridine rings is 6. The average Bonchev–Trinajstić information content (AvgIpc) is 1.65. The highest BCUT2D eigenvalue weighted by Crippen LogP contribution is 2.38. The molecule has 0 amide bonds. The summed E-state index contributed by atoms with van der Waals surface area (Å²) >= 11 is 13.8. The van der Waals surface area contributed by atoms with Crippen molar-refractivity contribution in [2.45, 2.75) is 176 Å². The van der Waals surface area contributed by atoms with E-state index in [1.165, 1.54) is 6.04 Å². The Hall–Kier alpha value is -7.45. The van der Waals surface area contributed by atoms with E-state index in [1.807, 2.05) is 153 Å². The smallest absolute Gasteiger partial charge is 0.399 e. The second kappa shape index (κ2) is 33.4. The van der Waals surface area contributed by atoms with Crippen molar-refractivity contribution in [1.82, 2.24) is 72.9 Å². The fourth-order valence-corrected chi connectivity index (χ4v) is 13.2. The first-order valence-corrected chi connectivity index (χ1v) is 43.0. The van der Waals surface area contributed by atoms with E-state index < -0.39 is 16.1 Å². The summed E-state index contributed by atoms with van der Waals surface area (Å²) in [5.41, 5.74) is 19.4. The van der Waals surface area contributed by atoms with E-state index in [-0.39, 0.29) is 23.2 Å². The number of alkyl halides is 2. The summed E-state index contributed by atoms with van der Waals surface area (Å²) in [7, 11) is -2.50. The molecule has 25 heteroatoms. The van der Waals surface area contributed by atoms with Gasteiger partial charge in [-0.15, -0.1) is 23.2 Å². The number of nitrogens with one attached hydrogen (secondary N) is 1. The van der Waals surface area contributed by atoms with Crippen molar-refractivity contribution in [1.29, 1.82) is 0 Å². The van der Waals surface area contributed by atoms with Crippen LogP contribution in [0.3, 0.4) is 0 Å². The highest BCUT2D eigenvalue weighted by atomic mass is 79.9. The highest BCUT2D eigenvalue weighted by Gasteiger charge is 2.52. The predicted molar refractivity (Wildman–Crippen MR) is 411 cm³/mol. The number of halogens is 3. The number of nitrogens with zero attached hydrogens (tertiary/aromatic N) is 14. The Morgan fingerprint density at radius 1 is 0.545 bits per heavy atom. The van der Waals surface area contributed by atoms with Gasteiger partial charge in [0, 0.05) is 136 Å². The first kappa shape index (κ1) is 75.7. The van der Waals surface area contributed by atoms with Gasteiger partial charge in [0.25, 0.3) is 0 Å². The maximum atomic E-state index is 6.06. The van der Waals surface area contributed by atoms with Gasteiger partial charge in [0.1, 0.15) is 52.3 Å². The van der Waals surface area contributed by atoms with Crippen molar-refractivity contribution in [2.24, 2.45) is 0 Å². The summed E-state index contributed by atoms with van der Waals surface area (Å²) < 4.78 is 35.0. The summed E-state index contributed by atoms with van der Waals surface area (Å²) in [4.78, 5) is 26.7. The molecule has 0 aromatic carbocycles. The van der Waals surface area contributed by atoms with E-state index in [1.54, 1.807) is 19.3 Å². The Bertz CT molecular complexity index is 4610. The van der Waals surface area contributed by atoms with Crippen LogP contribution in [0, 0.1) is 20.8 Å². The number of fused-ring (bicyclic) bond motifs is 3. The van der Waals surface area contributed by atoms with Crippen LogP contribution in [0.1, 0.15) is 89.6 Å². The van der Waals surface area contributed by atoms with Gasteiger partial charge in [-0.25, -0.2) is 24.3 Å². The molecular weight excluding hydrogens is 1380 g/mol. The standard InChI is InChI=1S/C24H31N5OSi.C18H17N5.C17H26BrN3OSi.C13H17BN2O2.C2H4Cl2/c1-6-21-23(19-10-11-22-25-12-13-28(22)16-19)24(20-9-7-8-18(2)26-20)27-29(21)17-30-14-15-31(3,4)5;1-3-14-17(13-7-8-16-19-9-10-23(16)11-13)18(22-21-14)15-6-4-5-12(2)20-15;1-6-15-16(18)17(14-9-7-8-13(2)19-14)20-21(15)12-22-10-11-23(3,4)5;1-12(2)13(3,4)18-14(17-12)10-5-6-11-15-7-8-16(11)9-10;1-2(3)4/h7-13,16H,6,14-15,17H2,1-5H3;4-11H,3H2,1-2H3,(H,21,22);7-9H,6,10-12H2,1-5H3;5-9H,1-4H3;2H,1H3. The van der Waals surface area contributed by atoms with Crippen molar-refractivity contribution in [3.63, 3.8) is 0 Å². The van der Waals surface area contributed by atoms with Gasteiger partial charge in [-0.1, -0.05) is 84.3 Å². The van der Waals surface area contributed by atoms with Crippen LogP contribution in [-0.2, 0) is 51.5 Å². The minimum Gasteiger partial charge on any atom is -0.399 e. The molecule has 1 fully saturated rings. The number of hydrogen-bond donors (Lipinski definition) is 1. The van der Waals surface area contributed by atoms with Crippen molar-refractivity contribution < 1.29 is 18.8 Å². The maximum absolute atomic E-state index is 6.06. The molecule has 522 valence electrons. The number of aromatic amines is 1. The molecule has 1 aliphatic heterocycles. The van der Waals surface area contributed by atoms with Gasteiger partial charge < -0.3 is 32.0 Å². The third-order valence-corrected chi connectivity index (χ3v) is 21.3. The highest BCUT2D eigenvalue weighted by molar-refractivity contribution is 9.10. The average molecular weight is 1480 g/mol. The van der Waals surface area contributed by atoms with Crippen molar-refractivity contribution in [2.75, 3.05) is 13.2 Å². The third kappa shape index (κ3) is 19.8. The Kier molecular flexibility index (Phi) is 25.5.